The number of nitrogens with zero attached hydrogens (tertiary/aromatic N) is 3. The summed E-state index contributed by atoms with van der Waals surface area (Å²) in [6.07, 6.45) is 0.762. The summed E-state index contributed by atoms with van der Waals surface area (Å²) in [5, 5.41) is 0. The number of hydrogen-bond donors (Lipinski definition) is 0. The molecule has 0 amide bonds. The molecule has 0 atom stereocenters. The summed E-state index contributed by atoms with van der Waals surface area (Å²) in [5.74, 6) is 1.95. The van der Waals surface area contributed by atoms with Crippen molar-refractivity contribution in [3.8, 4) is 78.7 Å². The average Bonchev–Trinajstić information content (AvgIpc) is 3.28. The molecular weight excluding hydrogens is 691 g/mol. The topological polar surface area (TPSA) is 38.7 Å². The molecule has 0 N–H and O–H groups in total. The Kier molecular flexibility index (Phi) is 9.87. The molecule has 0 aliphatic carbocycles. The molecule has 0 unspecified atom stereocenters. The van der Waals surface area contributed by atoms with E-state index in [1.165, 1.54) is 61.2 Å². The second-order valence-corrected chi connectivity index (χ2v) is 14.5. The van der Waals surface area contributed by atoms with Gasteiger partial charge < -0.3 is 0 Å². The van der Waals surface area contributed by atoms with Gasteiger partial charge in [0.05, 0.1) is 0 Å². The molecule has 0 spiro atoms. The zero-order chi connectivity index (χ0) is 38.6. The van der Waals surface area contributed by atoms with Gasteiger partial charge in [-0.1, -0.05) is 188 Å². The van der Waals surface area contributed by atoms with Crippen LogP contribution in [-0.4, -0.2) is 15.0 Å². The van der Waals surface area contributed by atoms with Crippen LogP contribution in [0.4, 0.5) is 0 Å². The van der Waals surface area contributed by atoms with E-state index in [-0.39, 0.29) is 0 Å². The predicted molar refractivity (Wildman–Crippen MR) is 237 cm³/mol. The van der Waals surface area contributed by atoms with Crippen LogP contribution >= 0.6 is 0 Å². The van der Waals surface area contributed by atoms with Gasteiger partial charge in [0.15, 0.2) is 17.5 Å². The summed E-state index contributed by atoms with van der Waals surface area (Å²) in [6.45, 7) is 4.45. The molecule has 0 aliphatic rings. The molecule has 0 saturated heterocycles. The van der Waals surface area contributed by atoms with Crippen LogP contribution in [0.2, 0.25) is 0 Å². The Labute approximate surface area is 335 Å². The van der Waals surface area contributed by atoms with Gasteiger partial charge in [-0.3, -0.25) is 0 Å². The van der Waals surface area contributed by atoms with Crippen molar-refractivity contribution in [2.75, 3.05) is 0 Å². The molecule has 3 heteroatoms. The van der Waals surface area contributed by atoms with Gasteiger partial charge in [0.25, 0.3) is 0 Å². The first kappa shape index (κ1) is 35.5. The van der Waals surface area contributed by atoms with E-state index in [0.717, 1.165) is 28.7 Å². The van der Waals surface area contributed by atoms with Crippen LogP contribution in [0, 0.1) is 13.8 Å². The van der Waals surface area contributed by atoms with Gasteiger partial charge in [0.1, 0.15) is 0 Å². The van der Waals surface area contributed by atoms with Crippen LogP contribution in [0.25, 0.3) is 78.7 Å². The van der Waals surface area contributed by atoms with Crippen molar-refractivity contribution in [1.29, 1.82) is 0 Å². The third kappa shape index (κ3) is 7.56. The van der Waals surface area contributed by atoms with Crippen LogP contribution in [0.5, 0.6) is 0 Å². The lowest BCUT2D eigenvalue weighted by Gasteiger charge is -2.18. The highest BCUT2D eigenvalue weighted by Gasteiger charge is 2.17. The van der Waals surface area contributed by atoms with Crippen LogP contribution in [0.3, 0.4) is 0 Å². The Bertz CT molecular complexity index is 2810. The van der Waals surface area contributed by atoms with Gasteiger partial charge in [-0.25, -0.2) is 15.0 Å². The van der Waals surface area contributed by atoms with Gasteiger partial charge >= 0.3 is 0 Å². The van der Waals surface area contributed by atoms with Crippen LogP contribution in [0.1, 0.15) is 22.3 Å². The maximum absolute atomic E-state index is 5.08. The molecule has 0 bridgehead atoms. The van der Waals surface area contributed by atoms with E-state index < -0.39 is 0 Å². The molecule has 9 aromatic rings. The standard InChI is InChI=1S/C54H41N3/c1-37-33-38(2)51(49-28-15-14-26-47(49)42-20-8-4-9-21-42)36-50(37)48-27-13-12-24-45(48)34-39-17-16-25-46(35-39)54-56-52(43-22-10-5-11-23-43)55-53(57-54)44-31-29-41(30-32-44)40-18-6-3-7-19-40/h3-33,35-36H,34H2,1-2H3. The first-order chi connectivity index (χ1) is 28.1. The molecule has 8 aromatic carbocycles. The molecule has 1 aromatic heterocycles. The Morgan fingerprint density at radius 2 is 0.737 bits per heavy atom. The lowest BCUT2D eigenvalue weighted by Crippen LogP contribution is -2.01. The van der Waals surface area contributed by atoms with Crippen molar-refractivity contribution >= 4 is 0 Å². The van der Waals surface area contributed by atoms with Crippen LogP contribution in [-0.2, 0) is 6.42 Å². The SMILES string of the molecule is Cc1cc(C)c(-c2ccccc2-c2ccccc2)cc1-c1ccccc1Cc1cccc(-c2nc(-c3ccccc3)nc(-c3ccc(-c4ccccc4)cc3)n2)c1. The minimum Gasteiger partial charge on any atom is -0.208 e. The third-order valence-electron chi connectivity index (χ3n) is 10.7. The van der Waals surface area contributed by atoms with Crippen molar-refractivity contribution in [1.82, 2.24) is 15.0 Å². The summed E-state index contributed by atoms with van der Waals surface area (Å²) in [6, 6.07) is 70.6. The van der Waals surface area contributed by atoms with Crippen molar-refractivity contribution in [3.05, 3.63) is 222 Å². The highest BCUT2D eigenvalue weighted by molar-refractivity contribution is 5.88. The highest BCUT2D eigenvalue weighted by Crippen LogP contribution is 2.39. The fourth-order valence-electron chi connectivity index (χ4n) is 7.79. The Hall–Kier alpha value is -7.23. The lowest BCUT2D eigenvalue weighted by atomic mass is 9.86. The molecule has 9 rings (SSSR count). The minimum absolute atomic E-state index is 0.647. The van der Waals surface area contributed by atoms with E-state index in [2.05, 4.69) is 178 Å². The molecule has 0 radical (unpaired) electrons. The Morgan fingerprint density at radius 3 is 1.39 bits per heavy atom. The van der Waals surface area contributed by atoms with Gasteiger partial charge in [-0.2, -0.15) is 0 Å². The zero-order valence-electron chi connectivity index (χ0n) is 32.1. The number of hydrogen-bond acceptors (Lipinski definition) is 3. The van der Waals surface area contributed by atoms with Gasteiger partial charge in [-0.15, -0.1) is 0 Å². The second-order valence-electron chi connectivity index (χ2n) is 14.5. The van der Waals surface area contributed by atoms with E-state index in [4.69, 9.17) is 15.0 Å². The monoisotopic (exact) mass is 731 g/mol. The van der Waals surface area contributed by atoms with Crippen LogP contribution < -0.4 is 0 Å². The number of aryl methyl sites for hydroxylation is 2. The van der Waals surface area contributed by atoms with Gasteiger partial charge in [-0.05, 0) is 99.2 Å². The highest BCUT2D eigenvalue weighted by atomic mass is 15.0. The summed E-state index contributed by atoms with van der Waals surface area (Å²) in [7, 11) is 0. The van der Waals surface area contributed by atoms with Crippen molar-refractivity contribution in [2.24, 2.45) is 0 Å². The van der Waals surface area contributed by atoms with E-state index >= 15 is 0 Å². The third-order valence-corrected chi connectivity index (χ3v) is 10.7. The predicted octanol–water partition coefficient (Wildman–Crippen LogP) is 13.7. The molecule has 0 aliphatic heterocycles. The maximum atomic E-state index is 5.08. The lowest BCUT2D eigenvalue weighted by molar-refractivity contribution is 1.07. The molecular formula is C54H41N3. The quantitative estimate of drug-likeness (QED) is 0.148. The fraction of sp³-hybridized carbons (Fsp3) is 0.0556. The number of rotatable bonds is 9. The largest absolute Gasteiger partial charge is 0.208 e. The minimum atomic E-state index is 0.647. The molecule has 1 heterocycles. The first-order valence-electron chi connectivity index (χ1n) is 19.5. The molecule has 0 fully saturated rings. The second kappa shape index (κ2) is 15.9. The van der Waals surface area contributed by atoms with E-state index in [1.54, 1.807) is 0 Å². The summed E-state index contributed by atoms with van der Waals surface area (Å²) >= 11 is 0. The van der Waals surface area contributed by atoms with Crippen LogP contribution in [0.15, 0.2) is 200 Å². The maximum Gasteiger partial charge on any atom is 0.164 e. The van der Waals surface area contributed by atoms with Crippen molar-refractivity contribution in [2.45, 2.75) is 20.3 Å². The molecule has 57 heavy (non-hydrogen) atoms. The number of aromatic nitrogens is 3. The number of benzene rings is 8. The molecule has 3 nitrogen and oxygen atoms in total. The average molecular weight is 732 g/mol. The fourth-order valence-corrected chi connectivity index (χ4v) is 7.79. The molecule has 0 saturated carbocycles. The first-order valence-corrected chi connectivity index (χ1v) is 19.5. The summed E-state index contributed by atoms with van der Waals surface area (Å²) in [4.78, 5) is 15.1. The normalized spacial score (nSPS) is 11.1. The van der Waals surface area contributed by atoms with Gasteiger partial charge in [0.2, 0.25) is 0 Å². The summed E-state index contributed by atoms with van der Waals surface area (Å²) in [5.41, 5.74) is 17.6. The van der Waals surface area contributed by atoms with E-state index in [9.17, 15) is 0 Å². The smallest absolute Gasteiger partial charge is 0.164 e. The van der Waals surface area contributed by atoms with Gasteiger partial charge in [0, 0.05) is 16.7 Å². The Morgan fingerprint density at radius 1 is 0.298 bits per heavy atom. The zero-order valence-corrected chi connectivity index (χ0v) is 32.1. The summed E-state index contributed by atoms with van der Waals surface area (Å²) < 4.78 is 0. The van der Waals surface area contributed by atoms with E-state index in [0.29, 0.717) is 17.5 Å². The Balaban J connectivity index is 1.08. The van der Waals surface area contributed by atoms with Crippen molar-refractivity contribution < 1.29 is 0 Å². The van der Waals surface area contributed by atoms with E-state index in [1.807, 2.05) is 36.4 Å². The molecule has 272 valence electrons. The van der Waals surface area contributed by atoms with Crippen molar-refractivity contribution in [3.63, 3.8) is 0 Å².